The molecule has 6 nitrogen and oxygen atoms in total. The van der Waals surface area contributed by atoms with Crippen molar-refractivity contribution in [2.45, 2.75) is 51.1 Å². The summed E-state index contributed by atoms with van der Waals surface area (Å²) in [6.45, 7) is 5.06. The Morgan fingerprint density at radius 3 is 2.48 bits per heavy atom. The van der Waals surface area contributed by atoms with Gasteiger partial charge >= 0.3 is 0 Å². The van der Waals surface area contributed by atoms with Gasteiger partial charge in [-0.2, -0.15) is 5.10 Å². The Labute approximate surface area is 186 Å². The minimum Gasteiger partial charge on any atom is -0.349 e. The third-order valence-electron chi connectivity index (χ3n) is 6.80. The highest BCUT2D eigenvalue weighted by Crippen LogP contribution is 2.27. The SMILES string of the molecule is CN(C)CCn1ncc(C(=O)NC2CCN(CC3CCCC3)CC2)c1-c1ccccc1. The fraction of sp³-hybridized carbons (Fsp3) is 0.600. The van der Waals surface area contributed by atoms with Crippen molar-refractivity contribution in [2.24, 2.45) is 5.92 Å². The lowest BCUT2D eigenvalue weighted by atomic mass is 10.0. The van der Waals surface area contributed by atoms with E-state index in [9.17, 15) is 4.79 Å². The largest absolute Gasteiger partial charge is 0.349 e. The summed E-state index contributed by atoms with van der Waals surface area (Å²) in [5, 5.41) is 7.88. The second kappa shape index (κ2) is 10.4. The first kappa shape index (κ1) is 22.0. The van der Waals surface area contributed by atoms with Gasteiger partial charge in [0.15, 0.2) is 0 Å². The van der Waals surface area contributed by atoms with Gasteiger partial charge in [-0.1, -0.05) is 43.2 Å². The predicted molar refractivity (Wildman–Crippen MR) is 125 cm³/mol. The van der Waals surface area contributed by atoms with Gasteiger partial charge in [0.25, 0.3) is 5.91 Å². The van der Waals surface area contributed by atoms with Gasteiger partial charge in [0.05, 0.1) is 24.0 Å². The quantitative estimate of drug-likeness (QED) is 0.706. The van der Waals surface area contributed by atoms with Gasteiger partial charge < -0.3 is 15.1 Å². The third kappa shape index (κ3) is 5.74. The van der Waals surface area contributed by atoms with Gasteiger partial charge in [0.2, 0.25) is 0 Å². The maximum absolute atomic E-state index is 13.2. The maximum Gasteiger partial charge on any atom is 0.255 e. The Bertz CT molecular complexity index is 833. The van der Waals surface area contributed by atoms with Crippen LogP contribution in [0.1, 0.15) is 48.9 Å². The van der Waals surface area contributed by atoms with E-state index in [-0.39, 0.29) is 11.9 Å². The number of likely N-dealkylation sites (N-methyl/N-ethyl adjacent to an activating group) is 1. The van der Waals surface area contributed by atoms with Gasteiger partial charge in [-0.15, -0.1) is 0 Å². The van der Waals surface area contributed by atoms with Crippen molar-refractivity contribution in [3.05, 3.63) is 42.1 Å². The molecule has 1 aromatic heterocycles. The molecule has 1 aliphatic carbocycles. The van der Waals surface area contributed by atoms with E-state index in [0.29, 0.717) is 5.56 Å². The first-order chi connectivity index (χ1) is 15.1. The molecule has 1 aliphatic heterocycles. The molecule has 0 bridgehead atoms. The molecule has 2 aromatic rings. The zero-order chi connectivity index (χ0) is 21.6. The summed E-state index contributed by atoms with van der Waals surface area (Å²) in [5.41, 5.74) is 2.63. The van der Waals surface area contributed by atoms with Crippen LogP contribution in [0.25, 0.3) is 11.3 Å². The van der Waals surface area contributed by atoms with Crippen molar-refractivity contribution in [2.75, 3.05) is 40.3 Å². The number of hydrogen-bond acceptors (Lipinski definition) is 4. The van der Waals surface area contributed by atoms with Crippen LogP contribution in [-0.4, -0.2) is 71.8 Å². The lowest BCUT2D eigenvalue weighted by Gasteiger charge is -2.33. The number of amides is 1. The molecule has 0 unspecified atom stereocenters. The number of carbonyl (C=O) groups excluding carboxylic acids is 1. The molecule has 6 heteroatoms. The Hall–Kier alpha value is -2.18. The molecule has 2 fully saturated rings. The van der Waals surface area contributed by atoms with Crippen LogP contribution in [0.2, 0.25) is 0 Å². The summed E-state index contributed by atoms with van der Waals surface area (Å²) in [4.78, 5) is 18.0. The molecular formula is C25H37N5O. The van der Waals surface area contributed by atoms with E-state index in [0.717, 1.165) is 56.2 Å². The molecule has 2 heterocycles. The minimum atomic E-state index is 0.00389. The second-order valence-electron chi connectivity index (χ2n) is 9.50. The van der Waals surface area contributed by atoms with Crippen LogP contribution in [0.3, 0.4) is 0 Å². The number of aromatic nitrogens is 2. The summed E-state index contributed by atoms with van der Waals surface area (Å²) in [5.74, 6) is 0.900. The van der Waals surface area contributed by atoms with E-state index in [1.165, 1.54) is 32.2 Å². The Kier molecular flexibility index (Phi) is 7.41. The van der Waals surface area contributed by atoms with E-state index in [1.54, 1.807) is 6.20 Å². The molecule has 1 saturated carbocycles. The first-order valence-corrected chi connectivity index (χ1v) is 11.9. The average Bonchev–Trinajstić information content (AvgIpc) is 3.44. The van der Waals surface area contributed by atoms with Crippen LogP contribution in [0.4, 0.5) is 0 Å². The van der Waals surface area contributed by atoms with Crippen LogP contribution in [-0.2, 0) is 6.54 Å². The van der Waals surface area contributed by atoms with E-state index < -0.39 is 0 Å². The Morgan fingerprint density at radius 1 is 1.10 bits per heavy atom. The number of hydrogen-bond donors (Lipinski definition) is 1. The van der Waals surface area contributed by atoms with Crippen molar-refractivity contribution >= 4 is 5.91 Å². The molecule has 2 aliphatic rings. The topological polar surface area (TPSA) is 53.4 Å². The summed E-state index contributed by atoms with van der Waals surface area (Å²) in [6, 6.07) is 10.4. The van der Waals surface area contributed by atoms with E-state index in [1.807, 2.05) is 22.9 Å². The molecule has 1 N–H and O–H groups in total. The van der Waals surface area contributed by atoms with Crippen molar-refractivity contribution in [3.63, 3.8) is 0 Å². The molecule has 0 spiro atoms. The third-order valence-corrected chi connectivity index (χ3v) is 6.80. The second-order valence-corrected chi connectivity index (χ2v) is 9.50. The lowest BCUT2D eigenvalue weighted by molar-refractivity contribution is 0.0906. The standard InChI is InChI=1S/C25H37N5O/c1-28(2)16-17-30-24(21-10-4-3-5-11-21)23(18-26-30)25(31)27-22-12-14-29(15-13-22)19-20-8-6-7-9-20/h3-5,10-11,18,20,22H,6-9,12-17,19H2,1-2H3,(H,27,31). The number of likely N-dealkylation sites (tertiary alicyclic amines) is 1. The number of nitrogens with zero attached hydrogens (tertiary/aromatic N) is 4. The monoisotopic (exact) mass is 423 g/mol. The molecule has 168 valence electrons. The number of rotatable bonds is 8. The fourth-order valence-corrected chi connectivity index (χ4v) is 5.00. The van der Waals surface area contributed by atoms with Crippen LogP contribution in [0, 0.1) is 5.92 Å². The fourth-order valence-electron chi connectivity index (χ4n) is 5.00. The van der Waals surface area contributed by atoms with Gasteiger partial charge in [-0.3, -0.25) is 9.48 Å². The average molecular weight is 424 g/mol. The van der Waals surface area contributed by atoms with Gasteiger partial charge in [0.1, 0.15) is 0 Å². The molecule has 0 atom stereocenters. The minimum absolute atomic E-state index is 0.00389. The summed E-state index contributed by atoms with van der Waals surface area (Å²) in [7, 11) is 4.11. The summed E-state index contributed by atoms with van der Waals surface area (Å²) >= 11 is 0. The predicted octanol–water partition coefficient (Wildman–Crippen LogP) is 3.50. The molecule has 31 heavy (non-hydrogen) atoms. The first-order valence-electron chi connectivity index (χ1n) is 11.9. The Balaban J connectivity index is 1.40. The highest BCUT2D eigenvalue weighted by molar-refractivity contribution is 6.00. The van der Waals surface area contributed by atoms with Gasteiger partial charge in [0, 0.05) is 37.8 Å². The highest BCUT2D eigenvalue weighted by Gasteiger charge is 2.26. The van der Waals surface area contributed by atoms with E-state index >= 15 is 0 Å². The maximum atomic E-state index is 13.2. The number of nitrogens with one attached hydrogen (secondary N) is 1. The van der Waals surface area contributed by atoms with Crippen molar-refractivity contribution in [3.8, 4) is 11.3 Å². The molecule has 0 radical (unpaired) electrons. The van der Waals surface area contributed by atoms with Crippen LogP contribution >= 0.6 is 0 Å². The number of carbonyl (C=O) groups is 1. The van der Waals surface area contributed by atoms with Crippen LogP contribution in [0.15, 0.2) is 36.5 Å². The van der Waals surface area contributed by atoms with Crippen molar-refractivity contribution in [1.82, 2.24) is 24.9 Å². The molecule has 1 amide bonds. The van der Waals surface area contributed by atoms with Crippen LogP contribution < -0.4 is 5.32 Å². The zero-order valence-corrected chi connectivity index (χ0v) is 19.1. The summed E-state index contributed by atoms with van der Waals surface area (Å²) in [6.07, 6.45) is 9.42. The van der Waals surface area contributed by atoms with Gasteiger partial charge in [-0.25, -0.2) is 0 Å². The smallest absolute Gasteiger partial charge is 0.255 e. The Morgan fingerprint density at radius 2 is 1.81 bits per heavy atom. The van der Waals surface area contributed by atoms with Crippen molar-refractivity contribution in [1.29, 1.82) is 0 Å². The summed E-state index contributed by atoms with van der Waals surface area (Å²) < 4.78 is 1.97. The molecular weight excluding hydrogens is 386 g/mol. The molecule has 4 rings (SSSR count). The number of piperidine rings is 1. The number of benzene rings is 1. The van der Waals surface area contributed by atoms with E-state index in [2.05, 4.69) is 46.4 Å². The zero-order valence-electron chi connectivity index (χ0n) is 19.1. The van der Waals surface area contributed by atoms with E-state index in [4.69, 9.17) is 0 Å². The van der Waals surface area contributed by atoms with Crippen molar-refractivity contribution < 1.29 is 4.79 Å². The van der Waals surface area contributed by atoms with Gasteiger partial charge in [-0.05, 0) is 45.7 Å². The molecule has 1 saturated heterocycles. The lowest BCUT2D eigenvalue weighted by Crippen LogP contribution is -2.45. The highest BCUT2D eigenvalue weighted by atomic mass is 16.1. The normalized spacial score (nSPS) is 18.7. The molecule has 1 aromatic carbocycles. The van der Waals surface area contributed by atoms with Crippen LogP contribution in [0.5, 0.6) is 0 Å².